The van der Waals surface area contributed by atoms with E-state index in [2.05, 4.69) is 44.8 Å². The molecule has 0 aliphatic rings. The topological polar surface area (TPSA) is 51.0 Å². The normalized spacial score (nSPS) is 10.6. The molecule has 0 aliphatic carbocycles. The van der Waals surface area contributed by atoms with Gasteiger partial charge >= 0.3 is 0 Å². The summed E-state index contributed by atoms with van der Waals surface area (Å²) in [6.45, 7) is 4.08. The molecule has 1 N–H and O–H groups in total. The van der Waals surface area contributed by atoms with Gasteiger partial charge in [-0.2, -0.15) is 0 Å². The van der Waals surface area contributed by atoms with Gasteiger partial charge in [-0.3, -0.25) is 0 Å². The largest absolute Gasteiger partial charge is 0.461 e. The van der Waals surface area contributed by atoms with Crippen molar-refractivity contribution in [2.45, 2.75) is 20.3 Å². The Balaban J connectivity index is 2.60. The van der Waals surface area contributed by atoms with E-state index in [9.17, 15) is 0 Å². The SMILES string of the molecule is CCc1nc(-c2occc2C)nc(NC)c1I. The second-order valence-corrected chi connectivity index (χ2v) is 4.77. The molecule has 0 aliphatic heterocycles. The van der Waals surface area contributed by atoms with Crippen molar-refractivity contribution in [3.8, 4) is 11.6 Å². The minimum atomic E-state index is 0.647. The fourth-order valence-corrected chi connectivity index (χ4v) is 2.49. The summed E-state index contributed by atoms with van der Waals surface area (Å²) in [5.41, 5.74) is 2.09. The predicted molar refractivity (Wildman–Crippen MR) is 76.1 cm³/mol. The molecule has 0 saturated carbocycles. The predicted octanol–water partition coefficient (Wildman–Crippen LogP) is 3.25. The minimum absolute atomic E-state index is 0.647. The Kier molecular flexibility index (Phi) is 3.66. The maximum Gasteiger partial charge on any atom is 0.198 e. The van der Waals surface area contributed by atoms with Crippen LogP contribution in [0.25, 0.3) is 11.6 Å². The molecule has 5 heteroatoms. The summed E-state index contributed by atoms with van der Waals surface area (Å²) < 4.78 is 6.50. The van der Waals surface area contributed by atoms with Crippen molar-refractivity contribution in [3.05, 3.63) is 27.2 Å². The Morgan fingerprint density at radius 2 is 2.18 bits per heavy atom. The number of nitrogens with one attached hydrogen (secondary N) is 1. The maximum absolute atomic E-state index is 5.43. The van der Waals surface area contributed by atoms with Crippen LogP contribution in [-0.2, 0) is 6.42 Å². The molecule has 0 spiro atoms. The number of anilines is 1. The molecule has 0 amide bonds. The van der Waals surface area contributed by atoms with Gasteiger partial charge in [-0.1, -0.05) is 6.92 Å². The van der Waals surface area contributed by atoms with E-state index in [1.807, 2.05) is 20.0 Å². The Labute approximate surface area is 114 Å². The molecule has 17 heavy (non-hydrogen) atoms. The molecule has 0 fully saturated rings. The molecule has 0 atom stereocenters. The molecular formula is C12H14IN3O. The summed E-state index contributed by atoms with van der Waals surface area (Å²) >= 11 is 2.27. The van der Waals surface area contributed by atoms with Crippen molar-refractivity contribution >= 4 is 28.4 Å². The number of furan rings is 1. The molecule has 4 nitrogen and oxygen atoms in total. The zero-order chi connectivity index (χ0) is 12.4. The number of hydrogen-bond donors (Lipinski definition) is 1. The number of hydrogen-bond acceptors (Lipinski definition) is 4. The van der Waals surface area contributed by atoms with Crippen molar-refractivity contribution < 1.29 is 4.42 Å². The standard InChI is InChI=1S/C12H14IN3O/c1-4-8-9(13)11(14-3)16-12(15-8)10-7(2)5-6-17-10/h5-6H,4H2,1-3H3,(H,14,15,16). The monoisotopic (exact) mass is 343 g/mol. The van der Waals surface area contributed by atoms with Crippen LogP contribution in [0.2, 0.25) is 0 Å². The van der Waals surface area contributed by atoms with Crippen LogP contribution < -0.4 is 5.32 Å². The lowest BCUT2D eigenvalue weighted by Gasteiger charge is -2.09. The summed E-state index contributed by atoms with van der Waals surface area (Å²) in [6, 6.07) is 1.92. The fraction of sp³-hybridized carbons (Fsp3) is 0.333. The third-order valence-electron chi connectivity index (χ3n) is 2.56. The summed E-state index contributed by atoms with van der Waals surface area (Å²) in [7, 11) is 1.86. The van der Waals surface area contributed by atoms with E-state index in [4.69, 9.17) is 4.42 Å². The second-order valence-electron chi connectivity index (χ2n) is 3.69. The van der Waals surface area contributed by atoms with Crippen LogP contribution in [0.1, 0.15) is 18.2 Å². The number of halogens is 1. The molecule has 2 rings (SSSR count). The van der Waals surface area contributed by atoms with Crippen LogP contribution in [0, 0.1) is 10.5 Å². The Hall–Kier alpha value is -1.11. The first kappa shape index (κ1) is 12.3. The first-order valence-electron chi connectivity index (χ1n) is 5.46. The van der Waals surface area contributed by atoms with E-state index in [-0.39, 0.29) is 0 Å². The van der Waals surface area contributed by atoms with Crippen molar-refractivity contribution in [2.24, 2.45) is 0 Å². The number of aromatic nitrogens is 2. The van der Waals surface area contributed by atoms with Crippen LogP contribution in [0.5, 0.6) is 0 Å². The van der Waals surface area contributed by atoms with Crippen LogP contribution in [0.3, 0.4) is 0 Å². The lowest BCUT2D eigenvalue weighted by Crippen LogP contribution is -2.04. The quantitative estimate of drug-likeness (QED) is 0.870. The van der Waals surface area contributed by atoms with Gasteiger partial charge < -0.3 is 9.73 Å². The average Bonchev–Trinajstić information content (AvgIpc) is 2.76. The van der Waals surface area contributed by atoms with Gasteiger partial charge in [0, 0.05) is 7.05 Å². The Morgan fingerprint density at radius 3 is 2.71 bits per heavy atom. The first-order chi connectivity index (χ1) is 8.17. The Bertz CT molecular complexity index is 511. The highest BCUT2D eigenvalue weighted by Crippen LogP contribution is 2.26. The molecule has 2 aromatic rings. The lowest BCUT2D eigenvalue weighted by molar-refractivity contribution is 0.575. The van der Waals surface area contributed by atoms with Crippen molar-refractivity contribution in [1.29, 1.82) is 0 Å². The van der Waals surface area contributed by atoms with E-state index in [1.165, 1.54) is 0 Å². The van der Waals surface area contributed by atoms with E-state index in [1.54, 1.807) is 6.26 Å². The van der Waals surface area contributed by atoms with Gasteiger partial charge in [-0.25, -0.2) is 9.97 Å². The minimum Gasteiger partial charge on any atom is -0.461 e. The van der Waals surface area contributed by atoms with Crippen molar-refractivity contribution in [3.63, 3.8) is 0 Å². The highest BCUT2D eigenvalue weighted by Gasteiger charge is 2.14. The van der Waals surface area contributed by atoms with Crippen LogP contribution in [-0.4, -0.2) is 17.0 Å². The van der Waals surface area contributed by atoms with Crippen molar-refractivity contribution in [1.82, 2.24) is 9.97 Å². The smallest absolute Gasteiger partial charge is 0.198 e. The fourth-order valence-electron chi connectivity index (χ4n) is 1.60. The zero-order valence-electron chi connectivity index (χ0n) is 10.0. The van der Waals surface area contributed by atoms with Crippen LogP contribution >= 0.6 is 22.6 Å². The van der Waals surface area contributed by atoms with E-state index in [0.717, 1.165) is 32.8 Å². The number of aryl methyl sites for hydroxylation is 2. The second kappa shape index (κ2) is 5.03. The molecule has 0 saturated heterocycles. The van der Waals surface area contributed by atoms with E-state index >= 15 is 0 Å². The van der Waals surface area contributed by atoms with Gasteiger partial charge in [0.05, 0.1) is 15.5 Å². The average molecular weight is 343 g/mol. The molecule has 0 bridgehead atoms. The molecule has 0 unspecified atom stereocenters. The van der Waals surface area contributed by atoms with Gasteiger partial charge in [0.1, 0.15) is 5.82 Å². The van der Waals surface area contributed by atoms with Crippen LogP contribution in [0.15, 0.2) is 16.7 Å². The van der Waals surface area contributed by atoms with Gasteiger partial charge in [-0.05, 0) is 47.6 Å². The molecule has 2 aromatic heterocycles. The third-order valence-corrected chi connectivity index (χ3v) is 3.69. The van der Waals surface area contributed by atoms with Crippen LogP contribution in [0.4, 0.5) is 5.82 Å². The van der Waals surface area contributed by atoms with Gasteiger partial charge in [0.2, 0.25) is 0 Å². The zero-order valence-corrected chi connectivity index (χ0v) is 12.2. The molecule has 90 valence electrons. The van der Waals surface area contributed by atoms with E-state index in [0.29, 0.717) is 5.82 Å². The highest BCUT2D eigenvalue weighted by atomic mass is 127. The summed E-state index contributed by atoms with van der Waals surface area (Å²) in [6.07, 6.45) is 2.54. The highest BCUT2D eigenvalue weighted by molar-refractivity contribution is 14.1. The first-order valence-corrected chi connectivity index (χ1v) is 6.53. The molecule has 0 radical (unpaired) electrons. The summed E-state index contributed by atoms with van der Waals surface area (Å²) in [4.78, 5) is 9.03. The number of nitrogens with zero attached hydrogens (tertiary/aromatic N) is 2. The summed E-state index contributed by atoms with van der Waals surface area (Å²) in [5.74, 6) is 2.24. The number of rotatable bonds is 3. The van der Waals surface area contributed by atoms with E-state index < -0.39 is 0 Å². The molecule has 0 aromatic carbocycles. The third kappa shape index (κ3) is 2.29. The Morgan fingerprint density at radius 1 is 1.41 bits per heavy atom. The molecule has 2 heterocycles. The summed E-state index contributed by atoms with van der Waals surface area (Å²) in [5, 5.41) is 3.09. The van der Waals surface area contributed by atoms with Crippen molar-refractivity contribution in [2.75, 3.05) is 12.4 Å². The molecular weight excluding hydrogens is 329 g/mol. The van der Waals surface area contributed by atoms with Gasteiger partial charge in [-0.15, -0.1) is 0 Å². The maximum atomic E-state index is 5.43. The van der Waals surface area contributed by atoms with Gasteiger partial charge in [0.15, 0.2) is 11.6 Å². The lowest BCUT2D eigenvalue weighted by atomic mass is 10.2. The van der Waals surface area contributed by atoms with Gasteiger partial charge in [0.25, 0.3) is 0 Å².